The van der Waals surface area contributed by atoms with Gasteiger partial charge in [0.1, 0.15) is 0 Å². The SMILES string of the molecule is CC1(C)c2ccccc2-c2ccc(N(c3ccccc3)c3ccc(-c4ccc5c(c4)c4ccccc4n5-c4ccc5c(c4)C4(c6ccccc6-c6ccccc6-c6ccccc64)c4ccccc4-5)cc3)cc21. The Kier molecular flexibility index (Phi) is 8.66. The number of aromatic nitrogens is 1. The highest BCUT2D eigenvalue weighted by Crippen LogP contribution is 2.62. The molecule has 0 saturated carbocycles. The number of fused-ring (bicyclic) bond motifs is 18. The third-order valence-electron chi connectivity index (χ3n) is 16.4. The van der Waals surface area contributed by atoms with E-state index in [0.717, 1.165) is 22.7 Å². The number of benzene rings is 11. The Morgan fingerprint density at radius 2 is 0.750 bits per heavy atom. The molecule has 0 radical (unpaired) electrons. The first-order valence-corrected chi connectivity index (χ1v) is 25.3. The van der Waals surface area contributed by atoms with Crippen LogP contribution in [0.15, 0.2) is 255 Å². The van der Waals surface area contributed by atoms with Crippen LogP contribution in [0.1, 0.15) is 47.2 Å². The van der Waals surface area contributed by atoms with Gasteiger partial charge in [-0.1, -0.05) is 202 Å². The smallest absolute Gasteiger partial charge is 0.0726 e. The molecule has 0 bridgehead atoms. The summed E-state index contributed by atoms with van der Waals surface area (Å²) in [4.78, 5) is 2.39. The van der Waals surface area contributed by atoms with Gasteiger partial charge in [0.25, 0.3) is 0 Å². The Hall–Kier alpha value is -8.98. The number of hydrogen-bond donors (Lipinski definition) is 0. The highest BCUT2D eigenvalue weighted by atomic mass is 15.1. The second-order valence-electron chi connectivity index (χ2n) is 20.4. The van der Waals surface area contributed by atoms with Crippen LogP contribution in [-0.2, 0) is 10.8 Å². The van der Waals surface area contributed by atoms with Gasteiger partial charge in [-0.05, 0) is 156 Å². The van der Waals surface area contributed by atoms with Gasteiger partial charge in [-0.15, -0.1) is 0 Å². The lowest BCUT2D eigenvalue weighted by atomic mass is 9.66. The molecule has 1 aromatic heterocycles. The molecule has 72 heavy (non-hydrogen) atoms. The van der Waals surface area contributed by atoms with Crippen LogP contribution in [0, 0.1) is 0 Å². The molecule has 1 spiro atoms. The molecule has 0 fully saturated rings. The molecule has 3 aliphatic carbocycles. The van der Waals surface area contributed by atoms with Crippen LogP contribution in [-0.4, -0.2) is 4.57 Å². The topological polar surface area (TPSA) is 8.17 Å². The van der Waals surface area contributed by atoms with E-state index in [4.69, 9.17) is 0 Å². The van der Waals surface area contributed by atoms with E-state index >= 15 is 0 Å². The van der Waals surface area contributed by atoms with Gasteiger partial charge in [0.2, 0.25) is 0 Å². The Balaban J connectivity index is 0.864. The van der Waals surface area contributed by atoms with Crippen LogP contribution in [0.5, 0.6) is 0 Å². The summed E-state index contributed by atoms with van der Waals surface area (Å²) in [6.07, 6.45) is 0. The maximum Gasteiger partial charge on any atom is 0.0726 e. The van der Waals surface area contributed by atoms with Crippen LogP contribution >= 0.6 is 0 Å². The summed E-state index contributed by atoms with van der Waals surface area (Å²) in [7, 11) is 0. The van der Waals surface area contributed by atoms with Crippen LogP contribution in [0.2, 0.25) is 0 Å². The van der Waals surface area contributed by atoms with E-state index in [1.807, 2.05) is 0 Å². The van der Waals surface area contributed by atoms with E-state index in [9.17, 15) is 0 Å². The molecule has 0 atom stereocenters. The summed E-state index contributed by atoms with van der Waals surface area (Å²) < 4.78 is 2.49. The molecule has 0 N–H and O–H groups in total. The molecule has 2 heteroatoms. The minimum Gasteiger partial charge on any atom is -0.310 e. The van der Waals surface area contributed by atoms with Gasteiger partial charge in [0, 0.05) is 38.9 Å². The Morgan fingerprint density at radius 1 is 0.292 bits per heavy atom. The molecular formula is C70H48N2. The first-order valence-electron chi connectivity index (χ1n) is 25.3. The fourth-order valence-corrected chi connectivity index (χ4v) is 13.3. The van der Waals surface area contributed by atoms with Gasteiger partial charge in [0.05, 0.1) is 16.4 Å². The number of rotatable bonds is 5. The third kappa shape index (κ3) is 5.61. The molecule has 338 valence electrons. The van der Waals surface area contributed by atoms with Crippen molar-refractivity contribution in [3.05, 3.63) is 288 Å². The van der Waals surface area contributed by atoms with Gasteiger partial charge in [0.15, 0.2) is 0 Å². The second kappa shape index (κ2) is 15.3. The van der Waals surface area contributed by atoms with E-state index < -0.39 is 5.41 Å². The summed E-state index contributed by atoms with van der Waals surface area (Å²) in [6.45, 7) is 4.71. The first kappa shape index (κ1) is 40.9. The summed E-state index contributed by atoms with van der Waals surface area (Å²) in [6, 6.07) is 95.4. The maximum atomic E-state index is 2.51. The summed E-state index contributed by atoms with van der Waals surface area (Å²) >= 11 is 0. The van der Waals surface area contributed by atoms with Crippen molar-refractivity contribution in [2.45, 2.75) is 24.7 Å². The molecule has 0 amide bonds. The van der Waals surface area contributed by atoms with Crippen molar-refractivity contribution in [1.82, 2.24) is 4.57 Å². The van der Waals surface area contributed by atoms with Crippen LogP contribution in [0.3, 0.4) is 0 Å². The predicted octanol–water partition coefficient (Wildman–Crippen LogP) is 18.2. The zero-order chi connectivity index (χ0) is 47.7. The molecule has 0 saturated heterocycles. The summed E-state index contributed by atoms with van der Waals surface area (Å²) in [5.41, 5.74) is 27.0. The van der Waals surface area contributed by atoms with E-state index in [1.54, 1.807) is 0 Å². The van der Waals surface area contributed by atoms with Crippen molar-refractivity contribution in [3.8, 4) is 61.3 Å². The first-order chi connectivity index (χ1) is 35.5. The van der Waals surface area contributed by atoms with Crippen molar-refractivity contribution in [1.29, 1.82) is 0 Å². The average molecular weight is 917 g/mol. The average Bonchev–Trinajstić information content (AvgIpc) is 3.99. The number of hydrogen-bond acceptors (Lipinski definition) is 1. The van der Waals surface area contributed by atoms with Crippen molar-refractivity contribution < 1.29 is 0 Å². The van der Waals surface area contributed by atoms with E-state index in [2.05, 4.69) is 278 Å². The fourth-order valence-electron chi connectivity index (χ4n) is 13.3. The lowest BCUT2D eigenvalue weighted by molar-refractivity contribution is 0.660. The standard InChI is InChI=1S/C70H48N2/c1-69(2)61-27-13-8-24-55(61)57-39-37-49(43-65(57)69)71(47-18-4-3-5-19-47)48-35-32-45(33-36-48)46-34-41-68-60(42-46)59-26-12-17-31-67(59)72(68)50-38-40-58-56-25-11-16-30-64(56)70(66(58)44-50)62-28-14-9-22-53(62)51-20-6-7-21-52(51)54-23-10-15-29-63(54)70/h3-44H,1-2H3. The van der Waals surface area contributed by atoms with Crippen LogP contribution in [0.4, 0.5) is 17.1 Å². The van der Waals surface area contributed by atoms with Crippen LogP contribution < -0.4 is 4.90 Å². The monoisotopic (exact) mass is 916 g/mol. The summed E-state index contributed by atoms with van der Waals surface area (Å²) in [5.74, 6) is 0. The van der Waals surface area contributed by atoms with Crippen molar-refractivity contribution in [2.24, 2.45) is 0 Å². The summed E-state index contributed by atoms with van der Waals surface area (Å²) in [5, 5.41) is 2.47. The molecule has 11 aromatic carbocycles. The number of para-hydroxylation sites is 2. The van der Waals surface area contributed by atoms with Gasteiger partial charge in [-0.2, -0.15) is 0 Å². The van der Waals surface area contributed by atoms with Crippen molar-refractivity contribution in [3.63, 3.8) is 0 Å². The Bertz CT molecular complexity index is 4120. The van der Waals surface area contributed by atoms with Gasteiger partial charge < -0.3 is 9.47 Å². The van der Waals surface area contributed by atoms with Crippen molar-refractivity contribution in [2.75, 3.05) is 4.90 Å². The molecule has 12 aromatic rings. The van der Waals surface area contributed by atoms with Gasteiger partial charge in [-0.3, -0.25) is 0 Å². The maximum absolute atomic E-state index is 2.51. The van der Waals surface area contributed by atoms with Gasteiger partial charge >= 0.3 is 0 Å². The Morgan fingerprint density at radius 3 is 1.42 bits per heavy atom. The molecule has 3 aliphatic rings. The molecule has 1 heterocycles. The highest BCUT2D eigenvalue weighted by molar-refractivity contribution is 6.11. The number of nitrogens with zero attached hydrogens (tertiary/aromatic N) is 2. The lowest BCUT2D eigenvalue weighted by Crippen LogP contribution is -2.29. The molecule has 15 rings (SSSR count). The largest absolute Gasteiger partial charge is 0.310 e. The fraction of sp³-hybridized carbons (Fsp3) is 0.0571. The second-order valence-corrected chi connectivity index (χ2v) is 20.4. The molecule has 0 aliphatic heterocycles. The van der Waals surface area contributed by atoms with E-state index in [0.29, 0.717) is 0 Å². The normalized spacial score (nSPS) is 13.9. The van der Waals surface area contributed by atoms with E-state index in [1.165, 1.54) is 111 Å². The quantitative estimate of drug-likeness (QED) is 0.167. The highest BCUT2D eigenvalue weighted by Gasteiger charge is 2.50. The van der Waals surface area contributed by atoms with Gasteiger partial charge in [-0.25, -0.2) is 0 Å². The molecular weight excluding hydrogens is 869 g/mol. The van der Waals surface area contributed by atoms with Crippen LogP contribution in [0.25, 0.3) is 83.1 Å². The molecule has 0 unspecified atom stereocenters. The minimum absolute atomic E-state index is 0.0922. The molecule has 2 nitrogen and oxygen atoms in total. The van der Waals surface area contributed by atoms with Crippen molar-refractivity contribution >= 4 is 38.9 Å². The number of anilines is 3. The third-order valence-corrected chi connectivity index (χ3v) is 16.4. The predicted molar refractivity (Wildman–Crippen MR) is 300 cm³/mol. The zero-order valence-electron chi connectivity index (χ0n) is 40.1. The Labute approximate surface area is 420 Å². The lowest BCUT2D eigenvalue weighted by Gasteiger charge is -2.35. The minimum atomic E-state index is -0.550. The van der Waals surface area contributed by atoms with E-state index in [-0.39, 0.29) is 5.41 Å². The zero-order valence-corrected chi connectivity index (χ0v) is 40.1.